The molecule has 1 aromatic heterocycles. The second kappa shape index (κ2) is 4.83. The van der Waals surface area contributed by atoms with E-state index in [1.54, 1.807) is 18.4 Å². The first-order valence-electron chi connectivity index (χ1n) is 5.08. The van der Waals surface area contributed by atoms with Gasteiger partial charge in [-0.2, -0.15) is 0 Å². The van der Waals surface area contributed by atoms with Gasteiger partial charge < -0.3 is 4.42 Å². The molecule has 0 fully saturated rings. The first-order valence-corrected chi connectivity index (χ1v) is 6.00. The Morgan fingerprint density at radius 3 is 2.56 bits per heavy atom. The molecular weight excluding hydrogens is 271 g/mol. The van der Waals surface area contributed by atoms with Crippen LogP contribution in [0.15, 0.2) is 41.0 Å². The molecule has 1 atom stereocenters. The molecule has 0 N–H and O–H groups in total. The fraction of sp³-hybridized carbons (Fsp3) is 0.231. The van der Waals surface area contributed by atoms with Crippen molar-refractivity contribution in [3.8, 4) is 0 Å². The molecule has 84 valence electrons. The average Bonchev–Trinajstić information content (AvgIpc) is 2.68. The normalized spacial score (nSPS) is 12.7. The Kier molecular flexibility index (Phi) is 3.44. The predicted molar refractivity (Wildman–Crippen MR) is 65.2 cm³/mol. The maximum atomic E-state index is 12.7. The molecule has 2 aromatic rings. The van der Waals surface area contributed by atoms with E-state index in [4.69, 9.17) is 4.42 Å². The lowest BCUT2D eigenvalue weighted by Gasteiger charge is -2.07. The summed E-state index contributed by atoms with van der Waals surface area (Å²) in [5, 5.41) is 0. The van der Waals surface area contributed by atoms with Crippen molar-refractivity contribution >= 4 is 15.9 Å². The molecule has 16 heavy (non-hydrogen) atoms. The predicted octanol–water partition coefficient (Wildman–Crippen LogP) is 4.41. The number of alkyl halides is 1. The molecule has 3 heteroatoms. The second-order valence-corrected chi connectivity index (χ2v) is 4.89. The number of furan rings is 1. The number of halogens is 2. The minimum absolute atomic E-state index is 0.200. The van der Waals surface area contributed by atoms with Crippen LogP contribution in [0.1, 0.15) is 21.7 Å². The standard InChI is InChI=1S/C13H12BrFO/c1-9-6-11(8-16-9)13(14)7-10-2-4-12(15)5-3-10/h2-6,8,13H,7H2,1H3. The highest BCUT2D eigenvalue weighted by Crippen LogP contribution is 2.28. The van der Waals surface area contributed by atoms with E-state index >= 15 is 0 Å². The SMILES string of the molecule is Cc1cc(C(Br)Cc2ccc(F)cc2)co1. The maximum Gasteiger partial charge on any atom is 0.123 e. The highest BCUT2D eigenvalue weighted by Gasteiger charge is 2.10. The van der Waals surface area contributed by atoms with Gasteiger partial charge in [0.2, 0.25) is 0 Å². The van der Waals surface area contributed by atoms with Gasteiger partial charge in [-0.05, 0) is 37.1 Å². The van der Waals surface area contributed by atoms with Gasteiger partial charge in [0.25, 0.3) is 0 Å². The molecule has 0 spiro atoms. The third-order valence-electron chi connectivity index (χ3n) is 2.44. The molecule has 1 heterocycles. The Morgan fingerprint density at radius 2 is 2.00 bits per heavy atom. The summed E-state index contributed by atoms with van der Waals surface area (Å²) in [7, 11) is 0. The molecule has 0 aliphatic carbocycles. The van der Waals surface area contributed by atoms with Crippen molar-refractivity contribution in [3.63, 3.8) is 0 Å². The van der Waals surface area contributed by atoms with Crippen LogP contribution in [-0.2, 0) is 6.42 Å². The largest absolute Gasteiger partial charge is 0.469 e. The van der Waals surface area contributed by atoms with Crippen LogP contribution in [0.3, 0.4) is 0 Å². The molecule has 1 aromatic carbocycles. The molecule has 0 saturated carbocycles. The van der Waals surface area contributed by atoms with Crippen LogP contribution in [-0.4, -0.2) is 0 Å². The second-order valence-electron chi connectivity index (χ2n) is 3.79. The topological polar surface area (TPSA) is 13.1 Å². The molecule has 2 rings (SSSR count). The molecule has 0 saturated heterocycles. The van der Waals surface area contributed by atoms with Crippen LogP contribution in [0, 0.1) is 12.7 Å². The van der Waals surface area contributed by atoms with Gasteiger partial charge in [-0.15, -0.1) is 0 Å². The van der Waals surface area contributed by atoms with Crippen molar-refractivity contribution in [3.05, 3.63) is 59.3 Å². The van der Waals surface area contributed by atoms with Crippen LogP contribution in [0.25, 0.3) is 0 Å². The van der Waals surface area contributed by atoms with E-state index in [1.807, 2.05) is 13.0 Å². The third-order valence-corrected chi connectivity index (χ3v) is 3.29. The lowest BCUT2D eigenvalue weighted by molar-refractivity contribution is 0.531. The van der Waals surface area contributed by atoms with E-state index in [-0.39, 0.29) is 10.6 Å². The zero-order valence-corrected chi connectivity index (χ0v) is 10.5. The van der Waals surface area contributed by atoms with E-state index in [9.17, 15) is 4.39 Å². The molecule has 1 unspecified atom stereocenters. The lowest BCUT2D eigenvalue weighted by atomic mass is 10.1. The van der Waals surface area contributed by atoms with Crippen molar-refractivity contribution in [2.24, 2.45) is 0 Å². The van der Waals surface area contributed by atoms with Crippen LogP contribution in [0.2, 0.25) is 0 Å². The van der Waals surface area contributed by atoms with E-state index < -0.39 is 0 Å². The molecule has 0 bridgehead atoms. The first kappa shape index (κ1) is 11.4. The number of aryl methyl sites for hydroxylation is 1. The molecular formula is C13H12BrFO. The summed E-state index contributed by atoms with van der Waals surface area (Å²) in [4.78, 5) is 0.204. The third kappa shape index (κ3) is 2.73. The summed E-state index contributed by atoms with van der Waals surface area (Å²) in [6.45, 7) is 1.92. The Morgan fingerprint density at radius 1 is 1.31 bits per heavy atom. The van der Waals surface area contributed by atoms with Gasteiger partial charge >= 0.3 is 0 Å². The smallest absolute Gasteiger partial charge is 0.123 e. The zero-order valence-electron chi connectivity index (χ0n) is 8.91. The number of rotatable bonds is 3. The van der Waals surface area contributed by atoms with E-state index in [1.165, 1.54) is 12.1 Å². The van der Waals surface area contributed by atoms with Crippen molar-refractivity contribution in [1.29, 1.82) is 0 Å². The summed E-state index contributed by atoms with van der Waals surface area (Å²) >= 11 is 3.60. The molecule has 0 amide bonds. The van der Waals surface area contributed by atoms with Gasteiger partial charge in [0.05, 0.1) is 6.26 Å². The summed E-state index contributed by atoms with van der Waals surface area (Å²) in [5.41, 5.74) is 2.21. The van der Waals surface area contributed by atoms with Crippen LogP contribution < -0.4 is 0 Å². The Balaban J connectivity index is 2.07. The maximum absolute atomic E-state index is 12.7. The van der Waals surface area contributed by atoms with Gasteiger partial charge in [0, 0.05) is 10.4 Å². The number of hydrogen-bond donors (Lipinski definition) is 0. The minimum Gasteiger partial charge on any atom is -0.469 e. The fourth-order valence-electron chi connectivity index (χ4n) is 1.57. The fourth-order valence-corrected chi connectivity index (χ4v) is 2.19. The van der Waals surface area contributed by atoms with Gasteiger partial charge in [-0.3, -0.25) is 0 Å². The molecule has 1 nitrogen and oxygen atoms in total. The highest BCUT2D eigenvalue weighted by atomic mass is 79.9. The molecule has 0 radical (unpaired) electrons. The van der Waals surface area contributed by atoms with Gasteiger partial charge in [0.1, 0.15) is 11.6 Å². The van der Waals surface area contributed by atoms with Crippen molar-refractivity contribution in [2.45, 2.75) is 18.2 Å². The van der Waals surface area contributed by atoms with Gasteiger partial charge in [-0.25, -0.2) is 4.39 Å². The summed E-state index contributed by atoms with van der Waals surface area (Å²) < 4.78 is 18.0. The minimum atomic E-state index is -0.200. The Hall–Kier alpha value is -1.09. The van der Waals surface area contributed by atoms with Gasteiger partial charge in [-0.1, -0.05) is 28.1 Å². The van der Waals surface area contributed by atoms with Crippen LogP contribution in [0.4, 0.5) is 4.39 Å². The summed E-state index contributed by atoms with van der Waals surface area (Å²) in [5.74, 6) is 0.701. The molecule has 0 aliphatic rings. The average molecular weight is 283 g/mol. The van der Waals surface area contributed by atoms with Crippen molar-refractivity contribution in [2.75, 3.05) is 0 Å². The monoisotopic (exact) mass is 282 g/mol. The van der Waals surface area contributed by atoms with Crippen LogP contribution >= 0.6 is 15.9 Å². The Bertz CT molecular complexity index is 461. The first-order chi connectivity index (χ1) is 7.65. The Labute approximate surface area is 102 Å². The van der Waals surface area contributed by atoms with Crippen LogP contribution in [0.5, 0.6) is 0 Å². The number of hydrogen-bond acceptors (Lipinski definition) is 1. The van der Waals surface area contributed by atoms with Gasteiger partial charge in [0.15, 0.2) is 0 Å². The molecule has 0 aliphatic heterocycles. The van der Waals surface area contributed by atoms with Crippen molar-refractivity contribution in [1.82, 2.24) is 0 Å². The number of benzene rings is 1. The van der Waals surface area contributed by atoms with E-state index in [0.717, 1.165) is 23.3 Å². The van der Waals surface area contributed by atoms with E-state index in [2.05, 4.69) is 15.9 Å². The summed E-state index contributed by atoms with van der Waals surface area (Å²) in [6, 6.07) is 8.57. The summed E-state index contributed by atoms with van der Waals surface area (Å²) in [6.07, 6.45) is 2.57. The van der Waals surface area contributed by atoms with Crippen molar-refractivity contribution < 1.29 is 8.81 Å². The van der Waals surface area contributed by atoms with E-state index in [0.29, 0.717) is 0 Å². The highest BCUT2D eigenvalue weighted by molar-refractivity contribution is 9.09. The lowest BCUT2D eigenvalue weighted by Crippen LogP contribution is -1.93. The zero-order chi connectivity index (χ0) is 11.5. The quantitative estimate of drug-likeness (QED) is 0.761.